The fraction of sp³-hybridized carbons (Fsp3) is 0.500. The third kappa shape index (κ3) is 3.17. The van der Waals surface area contributed by atoms with Gasteiger partial charge in [-0.25, -0.2) is 0 Å². The maximum atomic E-state index is 10.6. The van der Waals surface area contributed by atoms with Gasteiger partial charge in [-0.2, -0.15) is 0 Å². The summed E-state index contributed by atoms with van der Waals surface area (Å²) in [5.74, 6) is 0. The van der Waals surface area contributed by atoms with Crippen LogP contribution in [-0.2, 0) is 0 Å². The van der Waals surface area contributed by atoms with E-state index in [1.165, 1.54) is 12.0 Å². The summed E-state index contributed by atoms with van der Waals surface area (Å²) in [6.45, 7) is 8.78. The molecule has 1 unspecified atom stereocenters. The number of hydrogen-bond donors (Lipinski definition) is 0. The third-order valence-corrected chi connectivity index (χ3v) is 3.02. The van der Waals surface area contributed by atoms with E-state index in [-0.39, 0.29) is 0 Å². The van der Waals surface area contributed by atoms with Crippen LogP contribution < -0.4 is 0 Å². The molecule has 1 aromatic rings. The van der Waals surface area contributed by atoms with Crippen molar-refractivity contribution in [3.8, 4) is 0 Å². The van der Waals surface area contributed by atoms with Crippen molar-refractivity contribution in [2.45, 2.75) is 33.2 Å². The summed E-state index contributed by atoms with van der Waals surface area (Å²) in [5, 5.41) is 0. The van der Waals surface area contributed by atoms with Gasteiger partial charge in [0.05, 0.1) is 0 Å². The molecule has 0 amide bonds. The van der Waals surface area contributed by atoms with E-state index >= 15 is 0 Å². The Balaban J connectivity index is 2.77. The molecule has 88 valence electrons. The Morgan fingerprint density at radius 1 is 1.25 bits per heavy atom. The Hall–Kier alpha value is -1.15. The second-order valence-corrected chi connectivity index (χ2v) is 4.09. The maximum Gasteiger partial charge on any atom is 0.150 e. The van der Waals surface area contributed by atoms with Crippen molar-refractivity contribution in [3.63, 3.8) is 0 Å². The fourth-order valence-electron chi connectivity index (χ4n) is 1.98. The van der Waals surface area contributed by atoms with Crippen LogP contribution in [-0.4, -0.2) is 24.3 Å². The van der Waals surface area contributed by atoms with E-state index in [2.05, 4.69) is 25.7 Å². The molecule has 0 radical (unpaired) electrons. The molecule has 0 saturated carbocycles. The predicted octanol–water partition coefficient (Wildman–Crippen LogP) is 3.29. The first-order chi connectivity index (χ1) is 7.72. The highest BCUT2D eigenvalue weighted by atomic mass is 16.1. The smallest absolute Gasteiger partial charge is 0.150 e. The Labute approximate surface area is 98.3 Å². The summed E-state index contributed by atoms with van der Waals surface area (Å²) in [7, 11) is 0. The van der Waals surface area contributed by atoms with Crippen molar-refractivity contribution >= 4 is 6.29 Å². The molecule has 16 heavy (non-hydrogen) atoms. The van der Waals surface area contributed by atoms with Crippen molar-refractivity contribution in [2.24, 2.45) is 0 Å². The molecule has 0 heterocycles. The van der Waals surface area contributed by atoms with Crippen molar-refractivity contribution in [1.82, 2.24) is 4.90 Å². The van der Waals surface area contributed by atoms with Crippen LogP contribution in [0.1, 0.15) is 49.2 Å². The zero-order chi connectivity index (χ0) is 12.0. The Morgan fingerprint density at radius 3 is 2.31 bits per heavy atom. The summed E-state index contributed by atoms with van der Waals surface area (Å²) in [6, 6.07) is 8.29. The topological polar surface area (TPSA) is 20.3 Å². The molecule has 0 aliphatic rings. The largest absolute Gasteiger partial charge is 0.298 e. The van der Waals surface area contributed by atoms with Crippen molar-refractivity contribution in [1.29, 1.82) is 0 Å². The van der Waals surface area contributed by atoms with E-state index in [9.17, 15) is 4.79 Å². The standard InChI is InChI=1S/C14H21NO/c1-4-10-15(5-2)12(3)14-8-6-13(11-16)7-9-14/h6-9,11-12H,4-5,10H2,1-3H3. The number of benzene rings is 1. The molecule has 0 spiro atoms. The highest BCUT2D eigenvalue weighted by Crippen LogP contribution is 2.20. The van der Waals surface area contributed by atoms with Gasteiger partial charge < -0.3 is 0 Å². The average molecular weight is 219 g/mol. The van der Waals surface area contributed by atoms with E-state index in [1.54, 1.807) is 0 Å². The van der Waals surface area contributed by atoms with Crippen LogP contribution in [0.25, 0.3) is 0 Å². The molecule has 0 fully saturated rings. The normalized spacial score (nSPS) is 12.8. The molecular weight excluding hydrogens is 198 g/mol. The number of rotatable bonds is 6. The molecule has 0 saturated heterocycles. The minimum Gasteiger partial charge on any atom is -0.298 e. The molecule has 1 atom stereocenters. The third-order valence-electron chi connectivity index (χ3n) is 3.02. The van der Waals surface area contributed by atoms with Crippen LogP contribution in [0.4, 0.5) is 0 Å². The van der Waals surface area contributed by atoms with Gasteiger partial charge in [-0.1, -0.05) is 38.1 Å². The van der Waals surface area contributed by atoms with E-state index in [0.717, 1.165) is 24.9 Å². The molecule has 1 rings (SSSR count). The first kappa shape index (κ1) is 12.9. The van der Waals surface area contributed by atoms with Gasteiger partial charge in [-0.15, -0.1) is 0 Å². The van der Waals surface area contributed by atoms with Crippen LogP contribution in [0.2, 0.25) is 0 Å². The number of nitrogens with zero attached hydrogens (tertiary/aromatic N) is 1. The van der Waals surface area contributed by atoms with Gasteiger partial charge in [0.25, 0.3) is 0 Å². The molecule has 0 aliphatic carbocycles. The quantitative estimate of drug-likeness (QED) is 0.684. The first-order valence-electron chi connectivity index (χ1n) is 6.02. The van der Waals surface area contributed by atoms with Crippen LogP contribution in [0.5, 0.6) is 0 Å². The lowest BCUT2D eigenvalue weighted by atomic mass is 10.0. The lowest BCUT2D eigenvalue weighted by Gasteiger charge is -2.27. The van der Waals surface area contributed by atoms with Gasteiger partial charge in [0.15, 0.2) is 0 Å². The van der Waals surface area contributed by atoms with Crippen LogP contribution in [0.3, 0.4) is 0 Å². The highest BCUT2D eigenvalue weighted by molar-refractivity contribution is 5.74. The van der Waals surface area contributed by atoms with Gasteiger partial charge in [-0.05, 0) is 32.0 Å². The Kier molecular flexibility index (Phi) is 5.20. The minimum atomic E-state index is 0.422. The molecule has 2 heteroatoms. The first-order valence-corrected chi connectivity index (χ1v) is 6.02. The van der Waals surface area contributed by atoms with Gasteiger partial charge in [-0.3, -0.25) is 9.69 Å². The van der Waals surface area contributed by atoms with Crippen LogP contribution in [0.15, 0.2) is 24.3 Å². The van der Waals surface area contributed by atoms with E-state index in [4.69, 9.17) is 0 Å². The second kappa shape index (κ2) is 6.44. The minimum absolute atomic E-state index is 0.422. The van der Waals surface area contributed by atoms with Gasteiger partial charge in [0, 0.05) is 11.6 Å². The van der Waals surface area contributed by atoms with Crippen molar-refractivity contribution in [3.05, 3.63) is 35.4 Å². The van der Waals surface area contributed by atoms with Crippen LogP contribution >= 0.6 is 0 Å². The van der Waals surface area contributed by atoms with Crippen molar-refractivity contribution in [2.75, 3.05) is 13.1 Å². The maximum absolute atomic E-state index is 10.6. The molecule has 0 bridgehead atoms. The van der Waals surface area contributed by atoms with Gasteiger partial charge >= 0.3 is 0 Å². The van der Waals surface area contributed by atoms with Crippen molar-refractivity contribution < 1.29 is 4.79 Å². The Morgan fingerprint density at radius 2 is 1.88 bits per heavy atom. The number of carbonyl (C=O) groups excluding carboxylic acids is 1. The summed E-state index contributed by atoms with van der Waals surface area (Å²) in [6.07, 6.45) is 2.06. The lowest BCUT2D eigenvalue weighted by Crippen LogP contribution is -2.27. The summed E-state index contributed by atoms with van der Waals surface area (Å²) >= 11 is 0. The van der Waals surface area contributed by atoms with E-state index < -0.39 is 0 Å². The molecule has 0 aromatic heterocycles. The molecule has 0 aliphatic heterocycles. The van der Waals surface area contributed by atoms with Crippen LogP contribution in [0, 0.1) is 0 Å². The molecule has 2 nitrogen and oxygen atoms in total. The molecular formula is C14H21NO. The van der Waals surface area contributed by atoms with E-state index in [0.29, 0.717) is 6.04 Å². The van der Waals surface area contributed by atoms with Gasteiger partial charge in [0.2, 0.25) is 0 Å². The number of hydrogen-bond acceptors (Lipinski definition) is 2. The van der Waals surface area contributed by atoms with E-state index in [1.807, 2.05) is 24.3 Å². The second-order valence-electron chi connectivity index (χ2n) is 4.09. The molecule has 1 aromatic carbocycles. The molecule has 0 N–H and O–H groups in total. The van der Waals surface area contributed by atoms with Gasteiger partial charge in [0.1, 0.15) is 6.29 Å². The highest BCUT2D eigenvalue weighted by Gasteiger charge is 2.12. The zero-order valence-corrected chi connectivity index (χ0v) is 10.4. The number of carbonyl (C=O) groups is 1. The predicted molar refractivity (Wildman–Crippen MR) is 67.8 cm³/mol. The lowest BCUT2D eigenvalue weighted by molar-refractivity contribution is 0.112. The fourth-order valence-corrected chi connectivity index (χ4v) is 1.98. The summed E-state index contributed by atoms with van der Waals surface area (Å²) < 4.78 is 0. The Bertz CT molecular complexity index is 318. The zero-order valence-electron chi connectivity index (χ0n) is 10.4. The summed E-state index contributed by atoms with van der Waals surface area (Å²) in [5.41, 5.74) is 2.02. The monoisotopic (exact) mass is 219 g/mol. The summed E-state index contributed by atoms with van der Waals surface area (Å²) in [4.78, 5) is 13.0. The number of aldehydes is 1. The SMILES string of the molecule is CCCN(CC)C(C)c1ccc(C=O)cc1. The average Bonchev–Trinajstić information content (AvgIpc) is 2.35.